The Balaban J connectivity index is 0.000000354. The summed E-state index contributed by atoms with van der Waals surface area (Å²) in [5, 5.41) is 0. The number of rotatable bonds is 0. The van der Waals surface area contributed by atoms with E-state index in [1.54, 1.807) is 0 Å². The topological polar surface area (TPSA) is 52.0 Å². The number of nitrogens with two attached hydrogens (primary N) is 2. The first-order chi connectivity index (χ1) is 9.89. The van der Waals surface area contributed by atoms with E-state index in [9.17, 15) is 13.2 Å². The van der Waals surface area contributed by atoms with E-state index in [2.05, 4.69) is 0 Å². The fourth-order valence-electron chi connectivity index (χ4n) is 2.84. The van der Waals surface area contributed by atoms with Crippen LogP contribution in [0, 0.1) is 5.92 Å². The SMILES string of the molecule is CC.NC1CCCC(C(F)(F)F)C1.NC1CCCCCC1. The second-order valence-electron chi connectivity index (χ2n) is 5.92. The summed E-state index contributed by atoms with van der Waals surface area (Å²) < 4.78 is 36.2. The lowest BCUT2D eigenvalue weighted by atomic mass is 9.86. The summed E-state index contributed by atoms with van der Waals surface area (Å²) in [6.07, 6.45) is 5.78. The van der Waals surface area contributed by atoms with E-state index in [1.165, 1.54) is 38.5 Å². The maximum atomic E-state index is 12.1. The van der Waals surface area contributed by atoms with E-state index in [0.29, 0.717) is 12.5 Å². The van der Waals surface area contributed by atoms with Crippen LogP contribution in [0.2, 0.25) is 0 Å². The van der Waals surface area contributed by atoms with Crippen LogP contribution in [0.5, 0.6) is 0 Å². The van der Waals surface area contributed by atoms with Crippen molar-refractivity contribution in [3.05, 3.63) is 0 Å². The highest BCUT2D eigenvalue weighted by Crippen LogP contribution is 2.36. The van der Waals surface area contributed by atoms with Crippen molar-refractivity contribution in [2.45, 2.75) is 96.3 Å². The third kappa shape index (κ3) is 10.1. The van der Waals surface area contributed by atoms with E-state index < -0.39 is 12.1 Å². The molecule has 0 aromatic carbocycles. The van der Waals surface area contributed by atoms with Crippen LogP contribution in [0.4, 0.5) is 13.2 Å². The molecule has 0 bridgehead atoms. The van der Waals surface area contributed by atoms with Gasteiger partial charge in [-0.2, -0.15) is 13.2 Å². The lowest BCUT2D eigenvalue weighted by Crippen LogP contribution is -2.35. The Morgan fingerprint density at radius 2 is 1.19 bits per heavy atom. The van der Waals surface area contributed by atoms with E-state index in [4.69, 9.17) is 11.5 Å². The summed E-state index contributed by atoms with van der Waals surface area (Å²) in [4.78, 5) is 0. The summed E-state index contributed by atoms with van der Waals surface area (Å²) in [6.45, 7) is 4.00. The predicted molar refractivity (Wildman–Crippen MR) is 83.0 cm³/mol. The second kappa shape index (κ2) is 11.3. The van der Waals surface area contributed by atoms with Crippen LogP contribution in [0.15, 0.2) is 0 Å². The maximum Gasteiger partial charge on any atom is 0.391 e. The van der Waals surface area contributed by atoms with Crippen molar-refractivity contribution in [3.8, 4) is 0 Å². The average Bonchev–Trinajstić information content (AvgIpc) is 2.69. The van der Waals surface area contributed by atoms with Crippen LogP contribution < -0.4 is 11.5 Å². The van der Waals surface area contributed by atoms with Crippen LogP contribution >= 0.6 is 0 Å². The first-order valence-electron chi connectivity index (χ1n) is 8.47. The lowest BCUT2D eigenvalue weighted by molar-refractivity contribution is -0.182. The molecule has 0 radical (unpaired) electrons. The van der Waals surface area contributed by atoms with E-state index in [1.807, 2.05) is 13.8 Å². The highest BCUT2D eigenvalue weighted by Gasteiger charge is 2.41. The average molecular weight is 310 g/mol. The van der Waals surface area contributed by atoms with Crippen molar-refractivity contribution in [2.24, 2.45) is 17.4 Å². The molecule has 2 unspecified atom stereocenters. The van der Waals surface area contributed by atoms with E-state index in [0.717, 1.165) is 6.42 Å². The maximum absolute atomic E-state index is 12.1. The molecule has 128 valence electrons. The molecule has 5 heteroatoms. The molecule has 0 amide bonds. The van der Waals surface area contributed by atoms with Gasteiger partial charge in [-0.1, -0.05) is 46.0 Å². The number of hydrogen-bond donors (Lipinski definition) is 2. The van der Waals surface area contributed by atoms with Crippen LogP contribution in [0.25, 0.3) is 0 Å². The Morgan fingerprint density at radius 3 is 1.57 bits per heavy atom. The van der Waals surface area contributed by atoms with Crippen molar-refractivity contribution < 1.29 is 13.2 Å². The van der Waals surface area contributed by atoms with Gasteiger partial charge in [-0.3, -0.25) is 0 Å². The normalized spacial score (nSPS) is 27.6. The Bertz CT molecular complexity index is 236. The van der Waals surface area contributed by atoms with Gasteiger partial charge in [0.1, 0.15) is 0 Å². The molecule has 0 spiro atoms. The Kier molecular flexibility index (Phi) is 11.1. The second-order valence-corrected chi connectivity index (χ2v) is 5.92. The number of halogens is 3. The first kappa shape index (κ1) is 20.7. The summed E-state index contributed by atoms with van der Waals surface area (Å²) in [7, 11) is 0. The van der Waals surface area contributed by atoms with Gasteiger partial charge in [0.25, 0.3) is 0 Å². The predicted octanol–water partition coefficient (Wildman–Crippen LogP) is 4.76. The molecule has 0 saturated heterocycles. The minimum atomic E-state index is -4.03. The van der Waals surface area contributed by atoms with Gasteiger partial charge in [0, 0.05) is 12.1 Å². The summed E-state index contributed by atoms with van der Waals surface area (Å²) in [6, 6.07) is 0.285. The zero-order valence-electron chi connectivity index (χ0n) is 13.6. The molecule has 21 heavy (non-hydrogen) atoms. The molecule has 0 aromatic heterocycles. The van der Waals surface area contributed by atoms with Crippen molar-refractivity contribution in [3.63, 3.8) is 0 Å². The fraction of sp³-hybridized carbons (Fsp3) is 1.00. The van der Waals surface area contributed by atoms with Crippen molar-refractivity contribution in [1.29, 1.82) is 0 Å². The molecule has 2 fully saturated rings. The highest BCUT2D eigenvalue weighted by molar-refractivity contribution is 4.79. The smallest absolute Gasteiger partial charge is 0.328 e. The standard InChI is InChI=1S/C7H12F3N.C7H15N.C2H6/c8-7(9,10)5-2-1-3-6(11)4-5;8-7-5-3-1-2-4-6-7;1-2/h5-6H,1-4,11H2;7H,1-6,8H2;1-2H3. The molecule has 2 nitrogen and oxygen atoms in total. The third-order valence-corrected chi connectivity index (χ3v) is 4.08. The number of alkyl halides is 3. The molecular weight excluding hydrogens is 277 g/mol. The monoisotopic (exact) mass is 310 g/mol. The molecule has 4 N–H and O–H groups in total. The molecule has 0 heterocycles. The van der Waals surface area contributed by atoms with Gasteiger partial charge in [0.15, 0.2) is 0 Å². The Morgan fingerprint density at radius 1 is 0.714 bits per heavy atom. The number of hydrogen-bond acceptors (Lipinski definition) is 2. The molecule has 2 aliphatic carbocycles. The van der Waals surface area contributed by atoms with Crippen LogP contribution in [-0.4, -0.2) is 18.3 Å². The largest absolute Gasteiger partial charge is 0.391 e. The Labute approximate surface area is 127 Å². The van der Waals surface area contributed by atoms with Gasteiger partial charge in [0.2, 0.25) is 0 Å². The zero-order chi connectivity index (χ0) is 16.3. The van der Waals surface area contributed by atoms with Crippen LogP contribution in [0.3, 0.4) is 0 Å². The minimum Gasteiger partial charge on any atom is -0.328 e. The van der Waals surface area contributed by atoms with E-state index >= 15 is 0 Å². The Hall–Kier alpha value is -0.290. The van der Waals surface area contributed by atoms with Crippen LogP contribution in [-0.2, 0) is 0 Å². The van der Waals surface area contributed by atoms with Gasteiger partial charge in [-0.05, 0) is 32.1 Å². The van der Waals surface area contributed by atoms with Crippen molar-refractivity contribution >= 4 is 0 Å². The van der Waals surface area contributed by atoms with Crippen molar-refractivity contribution in [1.82, 2.24) is 0 Å². The third-order valence-electron chi connectivity index (χ3n) is 4.08. The summed E-state index contributed by atoms with van der Waals surface area (Å²) in [5.41, 5.74) is 11.2. The van der Waals surface area contributed by atoms with Gasteiger partial charge in [-0.25, -0.2) is 0 Å². The van der Waals surface area contributed by atoms with Crippen LogP contribution in [0.1, 0.15) is 78.1 Å². The van der Waals surface area contributed by atoms with Gasteiger partial charge in [0.05, 0.1) is 5.92 Å². The molecule has 2 aliphatic rings. The summed E-state index contributed by atoms with van der Waals surface area (Å²) in [5.74, 6) is -1.15. The van der Waals surface area contributed by atoms with Gasteiger partial charge < -0.3 is 11.5 Å². The quantitative estimate of drug-likeness (QED) is 0.634. The van der Waals surface area contributed by atoms with E-state index in [-0.39, 0.29) is 18.9 Å². The van der Waals surface area contributed by atoms with Gasteiger partial charge >= 0.3 is 6.18 Å². The molecule has 0 aromatic rings. The fourth-order valence-corrected chi connectivity index (χ4v) is 2.84. The first-order valence-corrected chi connectivity index (χ1v) is 8.47. The van der Waals surface area contributed by atoms with Gasteiger partial charge in [-0.15, -0.1) is 0 Å². The summed E-state index contributed by atoms with van der Waals surface area (Å²) >= 11 is 0. The molecule has 2 atom stereocenters. The zero-order valence-corrected chi connectivity index (χ0v) is 13.6. The lowest BCUT2D eigenvalue weighted by Gasteiger charge is -2.28. The highest BCUT2D eigenvalue weighted by atomic mass is 19.4. The molecular formula is C16H33F3N2. The minimum absolute atomic E-state index is 0.115. The molecule has 2 rings (SSSR count). The molecule has 2 saturated carbocycles. The van der Waals surface area contributed by atoms with Crippen molar-refractivity contribution in [2.75, 3.05) is 0 Å². The molecule has 0 aliphatic heterocycles.